The summed E-state index contributed by atoms with van der Waals surface area (Å²) in [5.41, 5.74) is 4.41. The minimum atomic E-state index is -2.54. The number of nitrogens with zero attached hydrogens (tertiary/aromatic N) is 2. The highest BCUT2D eigenvalue weighted by Gasteiger charge is 2.41. The molecule has 33 heavy (non-hydrogen) atoms. The van der Waals surface area contributed by atoms with E-state index >= 15 is 4.39 Å². The highest BCUT2D eigenvalue weighted by Crippen LogP contribution is 2.49. The first kappa shape index (κ1) is 23.7. The van der Waals surface area contributed by atoms with E-state index in [0.29, 0.717) is 32.4 Å². The molecule has 2 aromatic rings. The highest BCUT2D eigenvalue weighted by atomic mass is 19.3. The van der Waals surface area contributed by atoms with Crippen molar-refractivity contribution in [2.75, 3.05) is 32.9 Å². The Bertz CT molecular complexity index is 997. The monoisotopic (exact) mass is 463 g/mol. The van der Waals surface area contributed by atoms with Gasteiger partial charge in [-0.15, -0.1) is 0 Å². The van der Waals surface area contributed by atoms with E-state index in [1.54, 1.807) is 4.90 Å². The van der Waals surface area contributed by atoms with E-state index in [0.717, 1.165) is 22.3 Å². The average molecular weight is 464 g/mol. The number of ether oxygens (including phenoxy) is 1. The second kappa shape index (κ2) is 10.7. The normalized spacial score (nSPS) is 20.3. The fraction of sp³-hybridized carbons (Fsp3) is 0.480. The van der Waals surface area contributed by atoms with Crippen LogP contribution in [0.15, 0.2) is 42.1 Å². The predicted molar refractivity (Wildman–Crippen MR) is 120 cm³/mol. The number of fused-ring (bicyclic) bond motifs is 2. The van der Waals surface area contributed by atoms with Crippen LogP contribution in [0.3, 0.4) is 0 Å². The van der Waals surface area contributed by atoms with Crippen molar-refractivity contribution >= 4 is 5.57 Å². The van der Waals surface area contributed by atoms with Gasteiger partial charge in [0, 0.05) is 24.8 Å². The maximum atomic E-state index is 15.6. The van der Waals surface area contributed by atoms with Crippen LogP contribution in [0.5, 0.6) is 5.75 Å². The summed E-state index contributed by atoms with van der Waals surface area (Å²) in [5, 5.41) is 3.03. The number of hydrogen-bond donors (Lipinski definition) is 1. The lowest BCUT2D eigenvalue weighted by Crippen LogP contribution is -2.44. The summed E-state index contributed by atoms with van der Waals surface area (Å²) in [6.45, 7) is 2.22. The topological polar surface area (TPSA) is 37.4 Å². The molecule has 0 fully saturated rings. The fourth-order valence-corrected chi connectivity index (χ4v) is 4.88. The molecule has 8 heteroatoms. The smallest absolute Gasteiger partial charge is 0.251 e. The van der Waals surface area contributed by atoms with Crippen LogP contribution in [0.2, 0.25) is 0 Å². The molecule has 4 nitrogen and oxygen atoms in total. The van der Waals surface area contributed by atoms with Crippen LogP contribution in [0, 0.1) is 5.82 Å². The van der Waals surface area contributed by atoms with Crippen molar-refractivity contribution in [2.24, 2.45) is 0 Å². The third kappa shape index (κ3) is 5.06. The van der Waals surface area contributed by atoms with Crippen molar-refractivity contribution in [1.82, 2.24) is 15.2 Å². The van der Waals surface area contributed by atoms with Gasteiger partial charge in [-0.05, 0) is 55.0 Å². The van der Waals surface area contributed by atoms with Crippen LogP contribution in [0.4, 0.5) is 17.6 Å². The molecule has 1 aromatic heterocycles. The van der Waals surface area contributed by atoms with E-state index in [2.05, 4.69) is 10.3 Å². The van der Waals surface area contributed by atoms with E-state index in [-0.39, 0.29) is 24.1 Å². The Morgan fingerprint density at radius 2 is 2.03 bits per heavy atom. The van der Waals surface area contributed by atoms with Gasteiger partial charge in [-0.3, -0.25) is 14.3 Å². The lowest BCUT2D eigenvalue weighted by atomic mass is 9.86. The molecule has 0 unspecified atom stereocenters. The number of benzene rings is 1. The van der Waals surface area contributed by atoms with Crippen molar-refractivity contribution in [1.29, 1.82) is 0 Å². The largest absolute Gasteiger partial charge is 0.489 e. The Morgan fingerprint density at radius 3 is 2.82 bits per heavy atom. The molecule has 0 radical (unpaired) electrons. The SMILES string of the molecule is C[C@@H]1CC2=C(Cc3ccccc32)[C@@H](c2nccc(OCCNCCCF)c2F)N1CC(F)F. The number of aromatic nitrogens is 1. The standard InChI is InChI=1S/C25H29F4N3O/c1-16-13-19-18-6-3-2-5-17(18)14-20(19)25(32(16)15-22(27)28)24-23(29)21(7-10-31-24)33-12-11-30-9-4-8-26/h2-3,5-7,10,16,22,25,30H,4,8-9,11-15H2,1H3/t16-,25+/m1/s1. The Labute approximate surface area is 191 Å². The summed E-state index contributed by atoms with van der Waals surface area (Å²) in [5.74, 6) is -0.581. The summed E-state index contributed by atoms with van der Waals surface area (Å²) < 4.78 is 60.5. The Kier molecular flexibility index (Phi) is 7.65. The lowest BCUT2D eigenvalue weighted by Gasteiger charge is -2.41. The molecular weight excluding hydrogens is 434 g/mol. The van der Waals surface area contributed by atoms with Crippen LogP contribution < -0.4 is 10.1 Å². The zero-order valence-corrected chi connectivity index (χ0v) is 18.7. The van der Waals surface area contributed by atoms with Crippen LogP contribution in [0.1, 0.15) is 42.6 Å². The summed E-state index contributed by atoms with van der Waals surface area (Å²) in [6.07, 6.45) is 0.559. The second-order valence-corrected chi connectivity index (χ2v) is 8.53. The van der Waals surface area contributed by atoms with Crippen molar-refractivity contribution in [3.8, 4) is 5.75 Å². The van der Waals surface area contributed by atoms with Crippen LogP contribution in [-0.2, 0) is 6.42 Å². The molecule has 0 saturated heterocycles. The maximum Gasteiger partial charge on any atom is 0.251 e. The van der Waals surface area contributed by atoms with E-state index < -0.39 is 31.5 Å². The number of pyridine rings is 1. The molecule has 1 aromatic carbocycles. The van der Waals surface area contributed by atoms with Crippen LogP contribution in [0.25, 0.3) is 5.57 Å². The van der Waals surface area contributed by atoms with Gasteiger partial charge in [0.05, 0.1) is 19.3 Å². The third-order valence-electron chi connectivity index (χ3n) is 6.35. The van der Waals surface area contributed by atoms with Gasteiger partial charge in [-0.1, -0.05) is 24.3 Å². The molecule has 1 N–H and O–H groups in total. The minimum absolute atomic E-state index is 0.0418. The van der Waals surface area contributed by atoms with Gasteiger partial charge in [0.1, 0.15) is 12.3 Å². The highest BCUT2D eigenvalue weighted by molar-refractivity contribution is 5.78. The Hall–Kier alpha value is -2.45. The molecule has 0 spiro atoms. The minimum Gasteiger partial charge on any atom is -0.489 e. The van der Waals surface area contributed by atoms with E-state index in [9.17, 15) is 13.2 Å². The van der Waals surface area contributed by atoms with Gasteiger partial charge in [0.2, 0.25) is 0 Å². The summed E-state index contributed by atoms with van der Waals surface area (Å²) in [6, 6.07) is 8.57. The molecular formula is C25H29F4N3O. The molecule has 1 aliphatic heterocycles. The zero-order chi connectivity index (χ0) is 23.4. The Balaban J connectivity index is 1.64. The molecule has 2 aliphatic rings. The van der Waals surface area contributed by atoms with Gasteiger partial charge in [0.15, 0.2) is 11.6 Å². The van der Waals surface area contributed by atoms with Crippen molar-refractivity contribution < 1.29 is 22.3 Å². The molecule has 178 valence electrons. The number of halogens is 4. The van der Waals surface area contributed by atoms with Crippen molar-refractivity contribution in [3.05, 3.63) is 64.7 Å². The third-order valence-corrected chi connectivity index (χ3v) is 6.35. The Morgan fingerprint density at radius 1 is 1.21 bits per heavy atom. The van der Waals surface area contributed by atoms with Crippen molar-refractivity contribution in [3.63, 3.8) is 0 Å². The molecule has 0 bridgehead atoms. The average Bonchev–Trinajstić information content (AvgIpc) is 3.16. The van der Waals surface area contributed by atoms with E-state index in [1.165, 1.54) is 12.3 Å². The fourth-order valence-electron chi connectivity index (χ4n) is 4.88. The van der Waals surface area contributed by atoms with Gasteiger partial charge in [-0.2, -0.15) is 0 Å². The summed E-state index contributed by atoms with van der Waals surface area (Å²) in [7, 11) is 0. The quantitative estimate of drug-likeness (QED) is 0.399. The molecule has 1 aliphatic carbocycles. The lowest BCUT2D eigenvalue weighted by molar-refractivity contribution is 0.0461. The van der Waals surface area contributed by atoms with Crippen molar-refractivity contribution in [2.45, 2.75) is 44.7 Å². The summed E-state index contributed by atoms with van der Waals surface area (Å²) >= 11 is 0. The first-order chi connectivity index (χ1) is 16.0. The van der Waals surface area contributed by atoms with Crippen LogP contribution in [-0.4, -0.2) is 55.3 Å². The summed E-state index contributed by atoms with van der Waals surface area (Å²) in [4.78, 5) is 5.98. The van der Waals surface area contributed by atoms with Gasteiger partial charge in [0.25, 0.3) is 6.43 Å². The van der Waals surface area contributed by atoms with Gasteiger partial charge < -0.3 is 10.1 Å². The first-order valence-corrected chi connectivity index (χ1v) is 11.4. The van der Waals surface area contributed by atoms with E-state index in [1.807, 2.05) is 31.2 Å². The molecule has 2 heterocycles. The zero-order valence-electron chi connectivity index (χ0n) is 18.7. The van der Waals surface area contributed by atoms with Gasteiger partial charge in [-0.25, -0.2) is 13.2 Å². The maximum absolute atomic E-state index is 15.6. The van der Waals surface area contributed by atoms with E-state index in [4.69, 9.17) is 4.74 Å². The number of rotatable bonds is 10. The predicted octanol–water partition coefficient (Wildman–Crippen LogP) is 4.96. The van der Waals surface area contributed by atoms with Crippen LogP contribution >= 0.6 is 0 Å². The molecule has 0 amide bonds. The number of nitrogens with one attached hydrogen (secondary N) is 1. The first-order valence-electron chi connectivity index (χ1n) is 11.4. The number of hydrogen-bond acceptors (Lipinski definition) is 4. The number of alkyl halides is 3. The molecule has 0 saturated carbocycles. The molecule has 2 atom stereocenters. The molecule has 4 rings (SSSR count). The van der Waals surface area contributed by atoms with Gasteiger partial charge >= 0.3 is 0 Å². The second-order valence-electron chi connectivity index (χ2n) is 8.53.